The molecule has 0 spiro atoms. The van der Waals surface area contributed by atoms with Crippen LogP contribution in [-0.4, -0.2) is 45.9 Å². The zero-order valence-corrected chi connectivity index (χ0v) is 11.8. The number of tetrazole rings is 1. The predicted molar refractivity (Wildman–Crippen MR) is 75.6 cm³/mol. The number of rotatable bonds is 8. The number of nitrogens with zero attached hydrogens (tertiary/aromatic N) is 4. The van der Waals surface area contributed by atoms with E-state index in [0.29, 0.717) is 13.2 Å². The highest BCUT2D eigenvalue weighted by atomic mass is 16.5. The lowest BCUT2D eigenvalue weighted by molar-refractivity contribution is -0.122. The number of hydrogen-bond acceptors (Lipinski definition) is 6. The summed E-state index contributed by atoms with van der Waals surface area (Å²) < 4.78 is 6.70. The fourth-order valence-corrected chi connectivity index (χ4v) is 1.85. The summed E-state index contributed by atoms with van der Waals surface area (Å²) >= 11 is 0. The molecule has 2 rings (SSSR count). The van der Waals surface area contributed by atoms with Gasteiger partial charge in [0.1, 0.15) is 12.9 Å². The van der Waals surface area contributed by atoms with Gasteiger partial charge < -0.3 is 15.8 Å². The first-order valence-corrected chi connectivity index (χ1v) is 6.59. The van der Waals surface area contributed by atoms with Crippen LogP contribution in [0.15, 0.2) is 30.6 Å². The van der Waals surface area contributed by atoms with Crippen LogP contribution >= 0.6 is 0 Å². The summed E-state index contributed by atoms with van der Waals surface area (Å²) in [5.41, 5.74) is 6.99. The van der Waals surface area contributed by atoms with Crippen molar-refractivity contribution in [1.29, 1.82) is 0 Å². The first kappa shape index (κ1) is 15.1. The van der Waals surface area contributed by atoms with Crippen LogP contribution in [0.3, 0.4) is 0 Å². The monoisotopic (exact) mass is 290 g/mol. The minimum atomic E-state index is -0.461. The van der Waals surface area contributed by atoms with Gasteiger partial charge in [-0.2, -0.15) is 0 Å². The minimum Gasteiger partial charge on any atom is -0.370 e. The number of nitrogens with two attached hydrogens (primary N) is 1. The van der Waals surface area contributed by atoms with Gasteiger partial charge in [0.2, 0.25) is 5.91 Å². The molecular weight excluding hydrogens is 272 g/mol. The molecule has 1 amide bonds. The zero-order valence-electron chi connectivity index (χ0n) is 11.8. The molecular formula is C13H18N6O2. The predicted octanol–water partition coefficient (Wildman–Crippen LogP) is -0.185. The van der Waals surface area contributed by atoms with Crippen LogP contribution < -0.4 is 11.1 Å². The van der Waals surface area contributed by atoms with Crippen molar-refractivity contribution in [3.8, 4) is 5.69 Å². The van der Waals surface area contributed by atoms with Gasteiger partial charge in [0.25, 0.3) is 0 Å². The van der Waals surface area contributed by atoms with Gasteiger partial charge in [0, 0.05) is 12.6 Å². The molecule has 1 aromatic carbocycles. The second-order valence-electron chi connectivity index (χ2n) is 4.54. The van der Waals surface area contributed by atoms with Crippen molar-refractivity contribution in [2.24, 2.45) is 5.73 Å². The summed E-state index contributed by atoms with van der Waals surface area (Å²) in [5.74, 6) is -0.461. The Morgan fingerprint density at radius 3 is 3.10 bits per heavy atom. The lowest BCUT2D eigenvalue weighted by Gasteiger charge is -2.15. The van der Waals surface area contributed by atoms with Gasteiger partial charge in [-0.05, 0) is 35.0 Å². The fraction of sp³-hybridized carbons (Fsp3) is 0.385. The maximum absolute atomic E-state index is 10.5. The Bertz CT molecular complexity index is 572. The molecule has 1 atom stereocenters. The highest BCUT2D eigenvalue weighted by molar-refractivity contribution is 5.74. The Kier molecular flexibility index (Phi) is 5.35. The first-order valence-electron chi connectivity index (χ1n) is 6.59. The van der Waals surface area contributed by atoms with Crippen LogP contribution in [0.2, 0.25) is 0 Å². The average Bonchev–Trinajstić information content (AvgIpc) is 3.01. The smallest absolute Gasteiger partial charge is 0.243 e. The Labute approximate surface area is 122 Å². The van der Waals surface area contributed by atoms with Gasteiger partial charge in [-0.25, -0.2) is 4.68 Å². The molecule has 0 saturated carbocycles. The lowest BCUT2D eigenvalue weighted by Crippen LogP contribution is -2.26. The van der Waals surface area contributed by atoms with Crippen molar-refractivity contribution in [2.45, 2.75) is 13.0 Å². The summed E-state index contributed by atoms with van der Waals surface area (Å²) in [6.07, 6.45) is 1.55. The van der Waals surface area contributed by atoms with E-state index >= 15 is 0 Å². The van der Waals surface area contributed by atoms with Gasteiger partial charge in [0.15, 0.2) is 0 Å². The van der Waals surface area contributed by atoms with E-state index in [1.54, 1.807) is 11.0 Å². The van der Waals surface area contributed by atoms with Crippen LogP contribution in [0.5, 0.6) is 0 Å². The Morgan fingerprint density at radius 2 is 2.38 bits per heavy atom. The third kappa shape index (κ3) is 4.62. The molecule has 2 aromatic rings. The van der Waals surface area contributed by atoms with Crippen LogP contribution in [0, 0.1) is 0 Å². The van der Waals surface area contributed by atoms with Crippen LogP contribution in [-0.2, 0) is 9.53 Å². The third-order valence-corrected chi connectivity index (χ3v) is 2.93. The number of benzene rings is 1. The molecule has 8 heteroatoms. The Hall–Kier alpha value is -2.32. The third-order valence-electron chi connectivity index (χ3n) is 2.93. The molecule has 3 N–H and O–H groups in total. The van der Waals surface area contributed by atoms with Crippen LogP contribution in [0.4, 0.5) is 0 Å². The molecule has 0 aliphatic rings. The van der Waals surface area contributed by atoms with E-state index < -0.39 is 5.91 Å². The van der Waals surface area contributed by atoms with E-state index in [9.17, 15) is 4.79 Å². The van der Waals surface area contributed by atoms with Crippen LogP contribution in [0.25, 0.3) is 5.69 Å². The van der Waals surface area contributed by atoms with E-state index in [1.807, 2.05) is 31.2 Å². The maximum atomic E-state index is 10.5. The van der Waals surface area contributed by atoms with Gasteiger partial charge in [0.05, 0.1) is 12.3 Å². The van der Waals surface area contributed by atoms with E-state index in [2.05, 4.69) is 20.8 Å². The molecule has 0 aliphatic carbocycles. The summed E-state index contributed by atoms with van der Waals surface area (Å²) in [6.45, 7) is 3.06. The molecule has 0 radical (unpaired) electrons. The van der Waals surface area contributed by atoms with Crippen LogP contribution in [0.1, 0.15) is 18.5 Å². The Balaban J connectivity index is 1.86. The molecule has 1 unspecified atom stereocenters. The van der Waals surface area contributed by atoms with Crippen molar-refractivity contribution >= 4 is 5.91 Å². The number of carbonyl (C=O) groups excluding carboxylic acids is 1. The summed E-state index contributed by atoms with van der Waals surface area (Å²) in [7, 11) is 0. The van der Waals surface area contributed by atoms with Gasteiger partial charge in [-0.15, -0.1) is 5.10 Å². The number of aromatic nitrogens is 4. The highest BCUT2D eigenvalue weighted by Crippen LogP contribution is 2.15. The van der Waals surface area contributed by atoms with Crippen molar-refractivity contribution < 1.29 is 9.53 Å². The number of primary amides is 1. The van der Waals surface area contributed by atoms with Gasteiger partial charge >= 0.3 is 0 Å². The second kappa shape index (κ2) is 7.46. The summed E-state index contributed by atoms with van der Waals surface area (Å²) in [5, 5.41) is 14.4. The quantitative estimate of drug-likeness (QED) is 0.653. The molecule has 0 fully saturated rings. The standard InChI is InChI=1S/C13H18N6O2/c1-10(15-5-6-21-8-13(14)20)11-3-2-4-12(7-11)19-9-16-17-18-19/h2-4,7,9-10,15H,5-6,8H2,1H3,(H2,14,20). The lowest BCUT2D eigenvalue weighted by atomic mass is 10.1. The first-order chi connectivity index (χ1) is 10.2. The van der Waals surface area contributed by atoms with E-state index in [-0.39, 0.29) is 12.6 Å². The molecule has 0 bridgehead atoms. The number of hydrogen-bond donors (Lipinski definition) is 2. The maximum Gasteiger partial charge on any atom is 0.243 e. The van der Waals surface area contributed by atoms with Crippen molar-refractivity contribution in [1.82, 2.24) is 25.5 Å². The molecule has 1 aromatic heterocycles. The summed E-state index contributed by atoms with van der Waals surface area (Å²) in [6, 6.07) is 8.06. The normalized spacial score (nSPS) is 12.2. The molecule has 8 nitrogen and oxygen atoms in total. The average molecular weight is 290 g/mol. The fourth-order valence-electron chi connectivity index (χ4n) is 1.85. The number of ether oxygens (including phenoxy) is 1. The van der Waals surface area contributed by atoms with Gasteiger partial charge in [-0.1, -0.05) is 12.1 Å². The van der Waals surface area contributed by atoms with Crippen molar-refractivity contribution in [3.63, 3.8) is 0 Å². The minimum absolute atomic E-state index is 0.0507. The zero-order chi connectivity index (χ0) is 15.1. The molecule has 0 saturated heterocycles. The number of carbonyl (C=O) groups is 1. The molecule has 21 heavy (non-hydrogen) atoms. The van der Waals surface area contributed by atoms with E-state index in [4.69, 9.17) is 10.5 Å². The largest absolute Gasteiger partial charge is 0.370 e. The topological polar surface area (TPSA) is 108 Å². The van der Waals surface area contributed by atoms with E-state index in [1.165, 1.54) is 0 Å². The molecule has 0 aliphatic heterocycles. The molecule has 112 valence electrons. The van der Waals surface area contributed by atoms with Crippen molar-refractivity contribution in [2.75, 3.05) is 19.8 Å². The number of nitrogens with one attached hydrogen (secondary N) is 1. The van der Waals surface area contributed by atoms with Gasteiger partial charge in [-0.3, -0.25) is 4.79 Å². The molecule has 1 heterocycles. The highest BCUT2D eigenvalue weighted by Gasteiger charge is 2.06. The second-order valence-corrected chi connectivity index (χ2v) is 4.54. The SMILES string of the molecule is CC(NCCOCC(N)=O)c1cccc(-n2cnnn2)c1. The Morgan fingerprint density at radius 1 is 1.52 bits per heavy atom. The van der Waals surface area contributed by atoms with Crippen molar-refractivity contribution in [3.05, 3.63) is 36.2 Å². The van der Waals surface area contributed by atoms with E-state index in [0.717, 1.165) is 11.3 Å². The number of amides is 1. The summed E-state index contributed by atoms with van der Waals surface area (Å²) in [4.78, 5) is 10.5.